The molecule has 0 heterocycles. The highest BCUT2D eigenvalue weighted by atomic mass is 15.0. The Morgan fingerprint density at radius 2 is 0.800 bits per heavy atom. The molecular weight excluding hydrogens is 424 g/mol. The quantitative estimate of drug-likeness (QED) is 0.237. The molecule has 0 aliphatic heterocycles. The van der Waals surface area contributed by atoms with Crippen molar-refractivity contribution in [2.75, 3.05) is 0 Å². The summed E-state index contributed by atoms with van der Waals surface area (Å²) in [6.45, 7) is 0. The highest BCUT2D eigenvalue weighted by Gasteiger charge is 2.08. The summed E-state index contributed by atoms with van der Waals surface area (Å²) in [7, 11) is 0. The van der Waals surface area contributed by atoms with Crippen molar-refractivity contribution in [1.82, 2.24) is 0 Å². The van der Waals surface area contributed by atoms with E-state index in [1.165, 1.54) is 32.3 Å². The van der Waals surface area contributed by atoms with Crippen molar-refractivity contribution >= 4 is 44.7 Å². The van der Waals surface area contributed by atoms with E-state index in [1.54, 1.807) is 0 Å². The van der Waals surface area contributed by atoms with Crippen molar-refractivity contribution in [1.29, 1.82) is 0 Å². The first-order chi connectivity index (χ1) is 17.3. The molecule has 2 nitrogen and oxygen atoms in total. The minimum atomic E-state index is -0.336. The second kappa shape index (κ2) is 9.36. The van der Waals surface area contributed by atoms with Crippen LogP contribution in [0.3, 0.4) is 0 Å². The summed E-state index contributed by atoms with van der Waals surface area (Å²) in [5.41, 5.74) is 3.20. The van der Waals surface area contributed by atoms with Gasteiger partial charge in [-0.15, -0.1) is 0 Å². The molecule has 0 N–H and O–H groups in total. The molecule has 6 aromatic rings. The summed E-state index contributed by atoms with van der Waals surface area (Å²) in [4.78, 5) is 9.86. The number of rotatable bonds is 5. The Morgan fingerprint density at radius 3 is 1.29 bits per heavy atom. The fourth-order valence-corrected chi connectivity index (χ4v) is 4.47. The maximum atomic E-state index is 4.93. The number of nitrogens with zero attached hydrogens (tertiary/aromatic N) is 2. The van der Waals surface area contributed by atoms with Crippen LogP contribution < -0.4 is 0 Å². The van der Waals surface area contributed by atoms with Crippen molar-refractivity contribution in [3.05, 3.63) is 144 Å². The highest BCUT2D eigenvalue weighted by Crippen LogP contribution is 2.25. The largest absolute Gasteiger partial charge is 0.261 e. The molecule has 0 unspecified atom stereocenters. The van der Waals surface area contributed by atoms with Crippen LogP contribution in [0, 0.1) is 0 Å². The van der Waals surface area contributed by atoms with Gasteiger partial charge in [-0.25, -0.2) is 0 Å². The minimum absolute atomic E-state index is 0.336. The fourth-order valence-electron chi connectivity index (χ4n) is 4.47. The van der Waals surface area contributed by atoms with E-state index in [0.717, 1.165) is 16.7 Å². The van der Waals surface area contributed by atoms with Crippen molar-refractivity contribution in [3.63, 3.8) is 0 Å². The lowest BCUT2D eigenvalue weighted by atomic mass is 10.1. The Bertz CT molecular complexity index is 1620. The highest BCUT2D eigenvalue weighted by molar-refractivity contribution is 5.92. The van der Waals surface area contributed by atoms with E-state index in [-0.39, 0.29) is 6.17 Å². The predicted molar refractivity (Wildman–Crippen MR) is 150 cm³/mol. The van der Waals surface area contributed by atoms with E-state index in [9.17, 15) is 0 Å². The zero-order chi connectivity index (χ0) is 23.5. The molecule has 0 saturated carbocycles. The first kappa shape index (κ1) is 21.0. The lowest BCUT2D eigenvalue weighted by Crippen LogP contribution is -1.96. The SMILES string of the molecule is C(=N\C(/N=C/c1ccc2ccccc2c1)c1ccc2ccccc2c1)/c1ccc2ccccc2c1. The molecule has 2 heteroatoms. The predicted octanol–water partition coefficient (Wildman–Crippen LogP) is 8.38. The van der Waals surface area contributed by atoms with Crippen molar-refractivity contribution in [3.8, 4) is 0 Å². The lowest BCUT2D eigenvalue weighted by Gasteiger charge is -2.10. The van der Waals surface area contributed by atoms with Crippen molar-refractivity contribution in [2.45, 2.75) is 6.17 Å². The smallest absolute Gasteiger partial charge is 0.165 e. The topological polar surface area (TPSA) is 24.7 Å². The van der Waals surface area contributed by atoms with E-state index >= 15 is 0 Å². The van der Waals surface area contributed by atoms with E-state index < -0.39 is 0 Å². The summed E-state index contributed by atoms with van der Waals surface area (Å²) in [6.07, 6.45) is 3.53. The number of fused-ring (bicyclic) bond motifs is 3. The van der Waals surface area contributed by atoms with Gasteiger partial charge < -0.3 is 0 Å². The summed E-state index contributed by atoms with van der Waals surface area (Å²) in [6, 6.07) is 44.5. The Labute approximate surface area is 204 Å². The van der Waals surface area contributed by atoms with Gasteiger partial charge in [0, 0.05) is 12.4 Å². The fraction of sp³-hybridized carbons (Fsp3) is 0.0303. The van der Waals surface area contributed by atoms with Gasteiger partial charge in [0.2, 0.25) is 0 Å². The van der Waals surface area contributed by atoms with Crippen LogP contribution in [-0.2, 0) is 0 Å². The molecule has 0 bridgehead atoms. The molecule has 35 heavy (non-hydrogen) atoms. The molecular formula is C33H24N2. The van der Waals surface area contributed by atoms with Gasteiger partial charge in [-0.3, -0.25) is 9.98 Å². The van der Waals surface area contributed by atoms with Gasteiger partial charge in [0.05, 0.1) is 0 Å². The van der Waals surface area contributed by atoms with Crippen LogP contribution in [0.25, 0.3) is 32.3 Å². The van der Waals surface area contributed by atoms with E-state index in [1.807, 2.05) is 12.4 Å². The monoisotopic (exact) mass is 448 g/mol. The molecule has 0 aliphatic carbocycles. The third kappa shape index (κ3) is 4.60. The van der Waals surface area contributed by atoms with E-state index in [0.29, 0.717) is 0 Å². The third-order valence-electron chi connectivity index (χ3n) is 6.35. The molecule has 6 aromatic carbocycles. The Balaban J connectivity index is 1.37. The minimum Gasteiger partial charge on any atom is -0.261 e. The molecule has 6 rings (SSSR count). The molecule has 166 valence electrons. The second-order valence-electron chi connectivity index (χ2n) is 8.75. The molecule has 0 fully saturated rings. The lowest BCUT2D eigenvalue weighted by molar-refractivity contribution is 0.789. The average molecular weight is 449 g/mol. The standard InChI is InChI=1S/C33H24N2/c1-4-10-29-19-24(13-15-26(29)7-1)22-34-33(32-18-17-28-9-3-6-12-31(28)21-32)35-23-25-14-16-27-8-2-5-11-30(27)20-25/h1-23,33H/b34-22+,35-23+. The van der Waals surface area contributed by atoms with Crippen LogP contribution in [0.15, 0.2) is 137 Å². The van der Waals surface area contributed by atoms with Gasteiger partial charge in [0.1, 0.15) is 0 Å². The molecule has 0 spiro atoms. The molecule has 0 aliphatic rings. The number of benzene rings is 6. The first-order valence-corrected chi connectivity index (χ1v) is 11.8. The van der Waals surface area contributed by atoms with Crippen molar-refractivity contribution in [2.24, 2.45) is 9.98 Å². The summed E-state index contributed by atoms with van der Waals surface area (Å²) in [5, 5.41) is 7.27. The molecule has 0 atom stereocenters. The van der Waals surface area contributed by atoms with Gasteiger partial charge in [0.15, 0.2) is 6.17 Å². The van der Waals surface area contributed by atoms with Crippen LogP contribution in [0.2, 0.25) is 0 Å². The summed E-state index contributed by atoms with van der Waals surface area (Å²) >= 11 is 0. The Hall–Kier alpha value is -4.56. The first-order valence-electron chi connectivity index (χ1n) is 11.8. The Kier molecular flexibility index (Phi) is 5.62. The van der Waals surface area contributed by atoms with Gasteiger partial charge >= 0.3 is 0 Å². The Morgan fingerprint density at radius 1 is 0.400 bits per heavy atom. The normalized spacial score (nSPS) is 12.0. The number of aliphatic imine (C=N–C) groups is 2. The maximum absolute atomic E-state index is 4.93. The number of hydrogen-bond acceptors (Lipinski definition) is 2. The van der Waals surface area contributed by atoms with Gasteiger partial charge in [-0.1, -0.05) is 109 Å². The zero-order valence-corrected chi connectivity index (χ0v) is 19.3. The van der Waals surface area contributed by atoms with Gasteiger partial charge in [-0.2, -0.15) is 0 Å². The van der Waals surface area contributed by atoms with Crippen LogP contribution in [-0.4, -0.2) is 12.4 Å². The molecule has 0 saturated heterocycles. The third-order valence-corrected chi connectivity index (χ3v) is 6.35. The van der Waals surface area contributed by atoms with Crippen LogP contribution in [0.5, 0.6) is 0 Å². The second-order valence-corrected chi connectivity index (χ2v) is 8.75. The van der Waals surface area contributed by atoms with Crippen LogP contribution in [0.4, 0.5) is 0 Å². The summed E-state index contributed by atoms with van der Waals surface area (Å²) in [5.74, 6) is 0. The van der Waals surface area contributed by atoms with Crippen LogP contribution >= 0.6 is 0 Å². The number of hydrogen-bond donors (Lipinski definition) is 0. The van der Waals surface area contributed by atoms with E-state index in [4.69, 9.17) is 9.98 Å². The summed E-state index contributed by atoms with van der Waals surface area (Å²) < 4.78 is 0. The van der Waals surface area contributed by atoms with Crippen molar-refractivity contribution < 1.29 is 0 Å². The molecule has 0 radical (unpaired) electrons. The maximum Gasteiger partial charge on any atom is 0.165 e. The zero-order valence-electron chi connectivity index (χ0n) is 19.3. The average Bonchev–Trinajstić information content (AvgIpc) is 2.92. The molecule has 0 aromatic heterocycles. The van der Waals surface area contributed by atoms with Crippen LogP contribution in [0.1, 0.15) is 22.9 Å². The van der Waals surface area contributed by atoms with E-state index in [2.05, 4.69) is 127 Å². The van der Waals surface area contributed by atoms with Gasteiger partial charge in [-0.05, 0) is 67.2 Å². The van der Waals surface area contributed by atoms with Gasteiger partial charge in [0.25, 0.3) is 0 Å². The molecule has 0 amide bonds.